The molecule has 1 aromatic carbocycles. The van der Waals surface area contributed by atoms with Gasteiger partial charge in [-0.2, -0.15) is 0 Å². The summed E-state index contributed by atoms with van der Waals surface area (Å²) in [4.78, 5) is 12.5. The van der Waals surface area contributed by atoms with E-state index < -0.39 is 4.92 Å². The molecular weight excluding hydrogens is 284 g/mol. The fraction of sp³-hybridized carbons (Fsp3) is 0.167. The Kier molecular flexibility index (Phi) is 3.99. The van der Waals surface area contributed by atoms with E-state index in [1.54, 1.807) is 17.1 Å². The van der Waals surface area contributed by atoms with Gasteiger partial charge in [0.15, 0.2) is 5.52 Å². The highest BCUT2D eigenvalue weighted by molar-refractivity contribution is 6.35. The zero-order valence-electron chi connectivity index (χ0n) is 10.5. The number of halogens is 1. The van der Waals surface area contributed by atoms with Crippen molar-refractivity contribution >= 4 is 34.0 Å². The molecule has 0 fully saturated rings. The summed E-state index contributed by atoms with van der Waals surface area (Å²) in [5.41, 5.74) is 0.312. The van der Waals surface area contributed by atoms with Gasteiger partial charge in [-0.15, -0.1) is 13.2 Å². The van der Waals surface area contributed by atoms with E-state index >= 15 is 0 Å². The molecule has 0 atom stereocenters. The third-order valence-electron chi connectivity index (χ3n) is 2.67. The maximum Gasteiger partial charge on any atom is 0.323 e. The van der Waals surface area contributed by atoms with E-state index in [-0.39, 0.29) is 21.7 Å². The highest BCUT2D eigenvalue weighted by atomic mass is 35.5. The third-order valence-corrected chi connectivity index (χ3v) is 2.96. The van der Waals surface area contributed by atoms with Crippen LogP contribution in [0.25, 0.3) is 11.0 Å². The summed E-state index contributed by atoms with van der Waals surface area (Å²) < 4.78 is 4.54. The molecule has 1 heterocycles. The number of nitro groups is 1. The first-order chi connectivity index (χ1) is 9.60. The number of hydrogen-bond donors (Lipinski definition) is 0. The van der Waals surface area contributed by atoms with E-state index in [1.165, 1.54) is 6.07 Å². The van der Waals surface area contributed by atoms with Crippen molar-refractivity contribution in [3.05, 3.63) is 46.5 Å². The lowest BCUT2D eigenvalue weighted by molar-refractivity contribution is -0.382. The summed E-state index contributed by atoms with van der Waals surface area (Å²) in [6, 6.07) is 1.47. The number of aromatic nitrogens is 2. The van der Waals surface area contributed by atoms with Gasteiger partial charge in [-0.05, 0) is 16.4 Å². The molecule has 0 N–H and O–H groups in total. The Balaban J connectivity index is 2.72. The van der Waals surface area contributed by atoms with Crippen LogP contribution in [0.3, 0.4) is 0 Å². The van der Waals surface area contributed by atoms with Gasteiger partial charge < -0.3 is 4.90 Å². The summed E-state index contributed by atoms with van der Waals surface area (Å²) in [6.45, 7) is 8.07. The van der Waals surface area contributed by atoms with Crippen LogP contribution in [0.2, 0.25) is 5.02 Å². The normalized spacial score (nSPS) is 10.4. The standard InChI is InChI=1S/C12H11ClN4O3/c1-3-5-16(6-4-2)9-7-8(13)10-11(15-20-14-10)12(9)17(18)19/h3-4,7H,1-2,5-6H2. The lowest BCUT2D eigenvalue weighted by atomic mass is 10.2. The maximum atomic E-state index is 11.3. The smallest absolute Gasteiger partial charge is 0.323 e. The molecule has 1 aromatic heterocycles. The molecule has 0 amide bonds. The van der Waals surface area contributed by atoms with Gasteiger partial charge in [0, 0.05) is 13.1 Å². The van der Waals surface area contributed by atoms with Gasteiger partial charge in [0.05, 0.1) is 9.95 Å². The molecule has 2 aromatic rings. The third kappa shape index (κ3) is 2.35. The first-order valence-corrected chi connectivity index (χ1v) is 6.03. The van der Waals surface area contributed by atoms with Crippen molar-refractivity contribution in [2.24, 2.45) is 0 Å². The number of nitro benzene ring substituents is 1. The summed E-state index contributed by atoms with van der Waals surface area (Å²) >= 11 is 6.06. The minimum Gasteiger partial charge on any atom is -0.358 e. The van der Waals surface area contributed by atoms with Crippen LogP contribution in [0.4, 0.5) is 11.4 Å². The van der Waals surface area contributed by atoms with Gasteiger partial charge in [0.1, 0.15) is 5.69 Å². The van der Waals surface area contributed by atoms with Crippen molar-refractivity contribution in [1.82, 2.24) is 10.3 Å². The van der Waals surface area contributed by atoms with Crippen LogP contribution in [0, 0.1) is 10.1 Å². The van der Waals surface area contributed by atoms with E-state index in [0.29, 0.717) is 18.8 Å². The maximum absolute atomic E-state index is 11.3. The second kappa shape index (κ2) is 5.70. The van der Waals surface area contributed by atoms with E-state index in [0.717, 1.165) is 0 Å². The molecule has 8 heteroatoms. The van der Waals surface area contributed by atoms with Crippen LogP contribution < -0.4 is 4.90 Å². The largest absolute Gasteiger partial charge is 0.358 e. The summed E-state index contributed by atoms with van der Waals surface area (Å²) in [5.74, 6) is 0. The van der Waals surface area contributed by atoms with Crippen molar-refractivity contribution in [2.45, 2.75) is 0 Å². The Hall–Kier alpha value is -2.41. The second-order valence-electron chi connectivity index (χ2n) is 3.93. The molecular formula is C12H11ClN4O3. The van der Waals surface area contributed by atoms with Gasteiger partial charge >= 0.3 is 5.69 Å². The van der Waals surface area contributed by atoms with Crippen molar-refractivity contribution in [3.8, 4) is 0 Å². The average molecular weight is 295 g/mol. The molecule has 0 radical (unpaired) electrons. The molecule has 0 bridgehead atoms. The number of fused-ring (bicyclic) bond motifs is 1. The van der Waals surface area contributed by atoms with Gasteiger partial charge in [-0.25, -0.2) is 4.63 Å². The zero-order chi connectivity index (χ0) is 14.7. The van der Waals surface area contributed by atoms with Crippen LogP contribution in [0.15, 0.2) is 36.0 Å². The van der Waals surface area contributed by atoms with Crippen molar-refractivity contribution in [1.29, 1.82) is 0 Å². The van der Waals surface area contributed by atoms with Crippen molar-refractivity contribution < 1.29 is 9.55 Å². The molecule has 0 aliphatic rings. The van der Waals surface area contributed by atoms with E-state index in [1.807, 2.05) is 0 Å². The minimum atomic E-state index is -0.530. The molecule has 0 aliphatic carbocycles. The molecule has 0 unspecified atom stereocenters. The number of nitrogens with zero attached hydrogens (tertiary/aromatic N) is 4. The SMILES string of the molecule is C=CCN(CC=C)c1cc(Cl)c2nonc2c1[N+](=O)[O-]. The molecule has 7 nitrogen and oxygen atoms in total. The molecule has 2 rings (SSSR count). The number of anilines is 1. The highest BCUT2D eigenvalue weighted by Gasteiger charge is 2.27. The zero-order valence-corrected chi connectivity index (χ0v) is 11.2. The van der Waals surface area contributed by atoms with Crippen molar-refractivity contribution in [3.63, 3.8) is 0 Å². The van der Waals surface area contributed by atoms with Crippen LogP contribution in [0.5, 0.6) is 0 Å². The van der Waals surface area contributed by atoms with Gasteiger partial charge in [0.2, 0.25) is 5.52 Å². The Morgan fingerprint density at radius 2 is 1.95 bits per heavy atom. The van der Waals surface area contributed by atoms with Crippen LogP contribution in [-0.4, -0.2) is 28.3 Å². The molecule has 0 spiro atoms. The Bertz CT molecular complexity index is 673. The van der Waals surface area contributed by atoms with Gasteiger partial charge in [0.25, 0.3) is 0 Å². The van der Waals surface area contributed by atoms with Gasteiger partial charge in [-0.1, -0.05) is 23.8 Å². The minimum absolute atomic E-state index is 0.0237. The van der Waals surface area contributed by atoms with Crippen LogP contribution >= 0.6 is 11.6 Å². The van der Waals surface area contributed by atoms with E-state index in [4.69, 9.17) is 11.6 Å². The Morgan fingerprint density at radius 1 is 1.35 bits per heavy atom. The number of benzene rings is 1. The van der Waals surface area contributed by atoms with Crippen LogP contribution in [0.1, 0.15) is 0 Å². The molecule has 0 aliphatic heterocycles. The fourth-order valence-corrected chi connectivity index (χ4v) is 2.11. The van der Waals surface area contributed by atoms with Crippen LogP contribution in [-0.2, 0) is 0 Å². The summed E-state index contributed by atoms with van der Waals surface area (Å²) in [6.07, 6.45) is 3.26. The lowest BCUT2D eigenvalue weighted by Gasteiger charge is -2.21. The number of hydrogen-bond acceptors (Lipinski definition) is 6. The molecule has 20 heavy (non-hydrogen) atoms. The van der Waals surface area contributed by atoms with Gasteiger partial charge in [-0.3, -0.25) is 10.1 Å². The first kappa shape index (κ1) is 14.0. The first-order valence-electron chi connectivity index (χ1n) is 5.66. The molecule has 104 valence electrons. The lowest BCUT2D eigenvalue weighted by Crippen LogP contribution is -2.24. The highest BCUT2D eigenvalue weighted by Crippen LogP contribution is 2.38. The molecule has 0 saturated heterocycles. The second-order valence-corrected chi connectivity index (χ2v) is 4.33. The van der Waals surface area contributed by atoms with Crippen molar-refractivity contribution in [2.75, 3.05) is 18.0 Å². The summed E-state index contributed by atoms with van der Waals surface area (Å²) in [7, 11) is 0. The summed E-state index contributed by atoms with van der Waals surface area (Å²) in [5, 5.41) is 18.7. The Morgan fingerprint density at radius 3 is 2.50 bits per heavy atom. The number of rotatable bonds is 6. The average Bonchev–Trinajstić information content (AvgIpc) is 2.87. The quantitative estimate of drug-likeness (QED) is 0.462. The topological polar surface area (TPSA) is 85.3 Å². The Labute approximate surface area is 119 Å². The van der Waals surface area contributed by atoms with E-state index in [9.17, 15) is 10.1 Å². The fourth-order valence-electron chi connectivity index (χ4n) is 1.88. The molecule has 0 saturated carbocycles. The monoisotopic (exact) mass is 294 g/mol. The predicted molar refractivity (Wildman–Crippen MR) is 76.1 cm³/mol. The predicted octanol–water partition coefficient (Wildman–Crippen LogP) is 2.96. The van der Waals surface area contributed by atoms with E-state index in [2.05, 4.69) is 28.1 Å².